The van der Waals surface area contributed by atoms with Crippen molar-refractivity contribution >= 4 is 0 Å². The molecular weight excluding hydrogens is 188 g/mol. The summed E-state index contributed by atoms with van der Waals surface area (Å²) in [4.78, 5) is 7.76. The standard InChI is InChI=1S/C12H12N2O/c1-9-2-4-10(5-3-9)12(15)11-6-13-8-14-7-11/h2-8,12,15H,1H3. The van der Waals surface area contributed by atoms with Gasteiger partial charge in [-0.15, -0.1) is 0 Å². The first-order chi connectivity index (χ1) is 7.27. The van der Waals surface area contributed by atoms with E-state index in [9.17, 15) is 5.11 Å². The van der Waals surface area contributed by atoms with Crippen LogP contribution >= 0.6 is 0 Å². The highest BCUT2D eigenvalue weighted by molar-refractivity contribution is 5.29. The maximum atomic E-state index is 10.0. The van der Waals surface area contributed by atoms with Crippen molar-refractivity contribution in [1.29, 1.82) is 0 Å². The van der Waals surface area contributed by atoms with Gasteiger partial charge >= 0.3 is 0 Å². The number of aromatic nitrogens is 2. The Hall–Kier alpha value is -1.74. The van der Waals surface area contributed by atoms with E-state index in [1.54, 1.807) is 12.4 Å². The Morgan fingerprint density at radius 2 is 1.60 bits per heavy atom. The molecule has 1 atom stereocenters. The third-order valence-electron chi connectivity index (χ3n) is 2.29. The average Bonchev–Trinajstić information content (AvgIpc) is 2.30. The van der Waals surface area contributed by atoms with Gasteiger partial charge in [-0.3, -0.25) is 0 Å². The molecule has 15 heavy (non-hydrogen) atoms. The van der Waals surface area contributed by atoms with Gasteiger partial charge in [0.1, 0.15) is 12.4 Å². The summed E-state index contributed by atoms with van der Waals surface area (Å²) in [6.45, 7) is 2.02. The third kappa shape index (κ3) is 2.19. The Labute approximate surface area is 88.5 Å². The van der Waals surface area contributed by atoms with E-state index < -0.39 is 6.10 Å². The molecular formula is C12H12N2O. The lowest BCUT2D eigenvalue weighted by Crippen LogP contribution is -2.00. The molecule has 1 aromatic carbocycles. The van der Waals surface area contributed by atoms with E-state index in [1.165, 1.54) is 11.9 Å². The Morgan fingerprint density at radius 3 is 2.20 bits per heavy atom. The fraction of sp³-hybridized carbons (Fsp3) is 0.167. The second kappa shape index (κ2) is 4.19. The van der Waals surface area contributed by atoms with Gasteiger partial charge in [-0.2, -0.15) is 0 Å². The fourth-order valence-electron chi connectivity index (χ4n) is 1.39. The molecule has 76 valence electrons. The Balaban J connectivity index is 2.29. The van der Waals surface area contributed by atoms with Crippen LogP contribution in [0, 0.1) is 6.92 Å². The normalized spacial score (nSPS) is 12.4. The van der Waals surface area contributed by atoms with Gasteiger partial charge in [-0.1, -0.05) is 29.8 Å². The summed E-state index contributed by atoms with van der Waals surface area (Å²) >= 11 is 0. The second-order valence-electron chi connectivity index (χ2n) is 3.49. The summed E-state index contributed by atoms with van der Waals surface area (Å²) in [5.74, 6) is 0. The fourth-order valence-corrected chi connectivity index (χ4v) is 1.39. The highest BCUT2D eigenvalue weighted by atomic mass is 16.3. The molecule has 0 radical (unpaired) electrons. The van der Waals surface area contributed by atoms with Crippen LogP contribution in [0.3, 0.4) is 0 Å². The number of hydrogen-bond donors (Lipinski definition) is 1. The zero-order chi connectivity index (χ0) is 10.7. The van der Waals surface area contributed by atoms with Crippen molar-refractivity contribution in [3.63, 3.8) is 0 Å². The molecule has 0 saturated heterocycles. The van der Waals surface area contributed by atoms with Crippen LogP contribution in [0.5, 0.6) is 0 Å². The quantitative estimate of drug-likeness (QED) is 0.804. The van der Waals surface area contributed by atoms with E-state index in [0.29, 0.717) is 5.56 Å². The van der Waals surface area contributed by atoms with Crippen LogP contribution in [0.1, 0.15) is 22.8 Å². The Kier molecular flexibility index (Phi) is 2.74. The Bertz CT molecular complexity index is 425. The lowest BCUT2D eigenvalue weighted by Gasteiger charge is -2.10. The summed E-state index contributed by atoms with van der Waals surface area (Å²) in [6, 6.07) is 7.77. The van der Waals surface area contributed by atoms with Crippen LogP contribution in [-0.2, 0) is 0 Å². The number of aliphatic hydroxyl groups excluding tert-OH is 1. The van der Waals surface area contributed by atoms with E-state index in [1.807, 2.05) is 31.2 Å². The average molecular weight is 200 g/mol. The maximum absolute atomic E-state index is 10.0. The lowest BCUT2D eigenvalue weighted by atomic mass is 10.0. The van der Waals surface area contributed by atoms with Gasteiger partial charge in [-0.25, -0.2) is 9.97 Å². The van der Waals surface area contributed by atoms with Gasteiger partial charge in [0.2, 0.25) is 0 Å². The third-order valence-corrected chi connectivity index (χ3v) is 2.29. The van der Waals surface area contributed by atoms with Crippen LogP contribution in [-0.4, -0.2) is 15.1 Å². The molecule has 1 aromatic heterocycles. The topological polar surface area (TPSA) is 46.0 Å². The number of aliphatic hydroxyl groups is 1. The molecule has 3 nitrogen and oxygen atoms in total. The van der Waals surface area contributed by atoms with Gasteiger partial charge in [0, 0.05) is 18.0 Å². The molecule has 2 rings (SSSR count). The monoisotopic (exact) mass is 200 g/mol. The van der Waals surface area contributed by atoms with Gasteiger partial charge in [0.05, 0.1) is 0 Å². The maximum Gasteiger partial charge on any atom is 0.115 e. The number of nitrogens with zero attached hydrogens (tertiary/aromatic N) is 2. The molecule has 1 heterocycles. The van der Waals surface area contributed by atoms with Gasteiger partial charge in [-0.05, 0) is 12.5 Å². The van der Waals surface area contributed by atoms with Crippen molar-refractivity contribution in [2.24, 2.45) is 0 Å². The van der Waals surface area contributed by atoms with Crippen molar-refractivity contribution in [2.45, 2.75) is 13.0 Å². The number of hydrogen-bond acceptors (Lipinski definition) is 3. The van der Waals surface area contributed by atoms with Gasteiger partial charge in [0.15, 0.2) is 0 Å². The second-order valence-corrected chi connectivity index (χ2v) is 3.49. The summed E-state index contributed by atoms with van der Waals surface area (Å²) in [5.41, 5.74) is 2.74. The summed E-state index contributed by atoms with van der Waals surface area (Å²) in [6.07, 6.45) is 4.05. The van der Waals surface area contributed by atoms with E-state index in [4.69, 9.17) is 0 Å². The molecule has 0 aliphatic rings. The highest BCUT2D eigenvalue weighted by Crippen LogP contribution is 2.20. The molecule has 0 amide bonds. The first kappa shape index (κ1) is 9.80. The van der Waals surface area contributed by atoms with E-state index in [0.717, 1.165) is 5.56 Å². The molecule has 0 spiro atoms. The van der Waals surface area contributed by atoms with Gasteiger partial charge in [0.25, 0.3) is 0 Å². The van der Waals surface area contributed by atoms with Crippen molar-refractivity contribution in [2.75, 3.05) is 0 Å². The molecule has 0 bridgehead atoms. The summed E-state index contributed by atoms with van der Waals surface area (Å²) < 4.78 is 0. The molecule has 2 aromatic rings. The summed E-state index contributed by atoms with van der Waals surface area (Å²) in [7, 11) is 0. The molecule has 3 heteroatoms. The summed E-state index contributed by atoms with van der Waals surface area (Å²) in [5, 5.41) is 10.0. The lowest BCUT2D eigenvalue weighted by molar-refractivity contribution is 0.219. The van der Waals surface area contributed by atoms with Crippen molar-refractivity contribution < 1.29 is 5.11 Å². The largest absolute Gasteiger partial charge is 0.384 e. The smallest absolute Gasteiger partial charge is 0.115 e. The highest BCUT2D eigenvalue weighted by Gasteiger charge is 2.09. The SMILES string of the molecule is Cc1ccc(C(O)c2cncnc2)cc1. The minimum Gasteiger partial charge on any atom is -0.384 e. The van der Waals surface area contributed by atoms with E-state index in [-0.39, 0.29) is 0 Å². The van der Waals surface area contributed by atoms with Crippen molar-refractivity contribution in [3.05, 3.63) is 59.7 Å². The minimum atomic E-state index is -0.646. The van der Waals surface area contributed by atoms with Crippen LogP contribution in [0.4, 0.5) is 0 Å². The Morgan fingerprint density at radius 1 is 1.00 bits per heavy atom. The van der Waals surface area contributed by atoms with Gasteiger partial charge < -0.3 is 5.11 Å². The van der Waals surface area contributed by atoms with E-state index >= 15 is 0 Å². The van der Waals surface area contributed by atoms with E-state index in [2.05, 4.69) is 9.97 Å². The van der Waals surface area contributed by atoms with Crippen LogP contribution < -0.4 is 0 Å². The molecule has 0 saturated carbocycles. The van der Waals surface area contributed by atoms with Crippen molar-refractivity contribution in [1.82, 2.24) is 9.97 Å². The van der Waals surface area contributed by atoms with Crippen LogP contribution in [0.2, 0.25) is 0 Å². The predicted octanol–water partition coefficient (Wildman–Crippen LogP) is 1.87. The van der Waals surface area contributed by atoms with Crippen LogP contribution in [0.15, 0.2) is 43.0 Å². The number of rotatable bonds is 2. The number of aryl methyl sites for hydroxylation is 1. The zero-order valence-electron chi connectivity index (χ0n) is 8.46. The molecule has 1 N–H and O–H groups in total. The zero-order valence-corrected chi connectivity index (χ0v) is 8.46. The van der Waals surface area contributed by atoms with Crippen LogP contribution in [0.25, 0.3) is 0 Å². The first-order valence-corrected chi connectivity index (χ1v) is 4.77. The molecule has 0 fully saturated rings. The predicted molar refractivity (Wildman–Crippen MR) is 57.3 cm³/mol. The first-order valence-electron chi connectivity index (χ1n) is 4.77. The molecule has 0 aliphatic carbocycles. The molecule has 0 aliphatic heterocycles. The molecule has 1 unspecified atom stereocenters. The van der Waals surface area contributed by atoms with Crippen molar-refractivity contribution in [3.8, 4) is 0 Å². The number of benzene rings is 1. The minimum absolute atomic E-state index is 0.646.